The molecule has 1 atom stereocenters. The minimum atomic E-state index is 0.0674. The van der Waals surface area contributed by atoms with Crippen molar-refractivity contribution in [2.75, 3.05) is 7.11 Å². The number of nitrogens with zero attached hydrogens (tertiary/aromatic N) is 1. The molecule has 5 heteroatoms. The van der Waals surface area contributed by atoms with E-state index in [0.717, 1.165) is 17.1 Å². The highest BCUT2D eigenvalue weighted by molar-refractivity contribution is 7.11. The van der Waals surface area contributed by atoms with Gasteiger partial charge in [0, 0.05) is 16.2 Å². The second-order valence-electron chi connectivity index (χ2n) is 6.69. The smallest absolute Gasteiger partial charge is 0.223 e. The van der Waals surface area contributed by atoms with Gasteiger partial charge in [-0.05, 0) is 48.7 Å². The molecule has 0 aliphatic heterocycles. The minimum Gasteiger partial charge on any atom is -0.496 e. The van der Waals surface area contributed by atoms with Crippen molar-refractivity contribution in [3.63, 3.8) is 0 Å². The van der Waals surface area contributed by atoms with E-state index in [-0.39, 0.29) is 11.8 Å². The van der Waals surface area contributed by atoms with Crippen LogP contribution >= 0.6 is 11.3 Å². The highest BCUT2D eigenvalue weighted by Gasteiger charge is 2.21. The van der Waals surface area contributed by atoms with Crippen molar-refractivity contribution in [2.45, 2.75) is 39.3 Å². The Bertz CT molecular complexity index is 869. The average Bonchev–Trinajstić information content (AvgIpc) is 3.32. The molecule has 4 nitrogen and oxygen atoms in total. The van der Waals surface area contributed by atoms with Crippen LogP contribution in [0, 0.1) is 6.92 Å². The van der Waals surface area contributed by atoms with Gasteiger partial charge >= 0.3 is 0 Å². The van der Waals surface area contributed by atoms with Crippen LogP contribution in [0.1, 0.15) is 40.3 Å². The number of benzene rings is 1. The summed E-state index contributed by atoms with van der Waals surface area (Å²) in [4.78, 5) is 17.4. The Hall–Kier alpha value is -2.53. The van der Waals surface area contributed by atoms with E-state index in [2.05, 4.69) is 26.0 Å². The number of hydrogen-bond acceptors (Lipinski definition) is 4. The Morgan fingerprint density at radius 3 is 2.63 bits per heavy atom. The fourth-order valence-corrected chi connectivity index (χ4v) is 4.06. The molecule has 0 spiro atoms. The molecular formula is C22H25NO3S. The molecule has 0 saturated carbocycles. The number of hydrogen-bond donors (Lipinski definition) is 0. The van der Waals surface area contributed by atoms with Crippen LogP contribution in [0.3, 0.4) is 0 Å². The van der Waals surface area contributed by atoms with Gasteiger partial charge in [-0.1, -0.05) is 25.1 Å². The first-order chi connectivity index (χ1) is 13.1. The zero-order valence-electron chi connectivity index (χ0n) is 16.0. The molecule has 1 amide bonds. The predicted octanol–water partition coefficient (Wildman–Crippen LogP) is 5.38. The number of para-hydroxylation sites is 1. The number of ether oxygens (including phenoxy) is 1. The molecule has 142 valence electrons. The third kappa shape index (κ3) is 5.01. The molecule has 0 fully saturated rings. The highest BCUT2D eigenvalue weighted by atomic mass is 32.1. The summed E-state index contributed by atoms with van der Waals surface area (Å²) in [5.74, 6) is 1.79. The maximum atomic E-state index is 13.1. The third-order valence-corrected chi connectivity index (χ3v) is 5.56. The van der Waals surface area contributed by atoms with Gasteiger partial charge in [0.05, 0.1) is 26.5 Å². The summed E-state index contributed by atoms with van der Waals surface area (Å²) < 4.78 is 10.9. The molecule has 3 rings (SSSR count). The van der Waals surface area contributed by atoms with Gasteiger partial charge < -0.3 is 14.1 Å². The average molecular weight is 384 g/mol. The number of carbonyl (C=O) groups is 1. The Morgan fingerprint density at radius 2 is 1.96 bits per heavy atom. The molecule has 0 saturated heterocycles. The van der Waals surface area contributed by atoms with Gasteiger partial charge in [0.25, 0.3) is 0 Å². The van der Waals surface area contributed by atoms with Crippen molar-refractivity contribution >= 4 is 17.2 Å². The van der Waals surface area contributed by atoms with Gasteiger partial charge in [-0.2, -0.15) is 0 Å². The van der Waals surface area contributed by atoms with Crippen molar-refractivity contribution in [1.82, 2.24) is 4.90 Å². The van der Waals surface area contributed by atoms with E-state index in [1.807, 2.05) is 41.3 Å². The summed E-state index contributed by atoms with van der Waals surface area (Å²) in [5, 5.41) is 0. The predicted molar refractivity (Wildman–Crippen MR) is 108 cm³/mol. The molecular weight excluding hydrogens is 358 g/mol. The number of rotatable bonds is 8. The monoisotopic (exact) mass is 383 g/mol. The van der Waals surface area contributed by atoms with Crippen molar-refractivity contribution < 1.29 is 13.9 Å². The van der Waals surface area contributed by atoms with E-state index in [0.29, 0.717) is 19.5 Å². The number of thiophene rings is 1. The fourth-order valence-electron chi connectivity index (χ4n) is 3.16. The standard InChI is InChI=1S/C22H25NO3S/c1-16(20-8-4-5-9-21(20)25-3)13-22(24)23(14-18-7-6-12-26-18)15-19-11-10-17(2)27-19/h4-12,16H,13-15H2,1-3H3. The normalized spacial score (nSPS) is 12.0. The molecule has 1 aromatic carbocycles. The maximum Gasteiger partial charge on any atom is 0.223 e. The number of aryl methyl sites for hydroxylation is 1. The Kier molecular flexibility index (Phi) is 6.35. The SMILES string of the molecule is COc1ccccc1C(C)CC(=O)N(Cc1ccco1)Cc1ccc(C)s1. The lowest BCUT2D eigenvalue weighted by Crippen LogP contribution is -2.30. The number of methoxy groups -OCH3 is 1. The fraction of sp³-hybridized carbons (Fsp3) is 0.318. The highest BCUT2D eigenvalue weighted by Crippen LogP contribution is 2.29. The summed E-state index contributed by atoms with van der Waals surface area (Å²) >= 11 is 1.72. The molecule has 0 bridgehead atoms. The first kappa shape index (κ1) is 19.2. The topological polar surface area (TPSA) is 42.7 Å². The van der Waals surface area contributed by atoms with Crippen molar-refractivity contribution in [3.05, 3.63) is 75.9 Å². The molecule has 0 aliphatic rings. The lowest BCUT2D eigenvalue weighted by Gasteiger charge is -2.23. The van der Waals surface area contributed by atoms with Crippen LogP contribution in [-0.4, -0.2) is 17.9 Å². The van der Waals surface area contributed by atoms with Crippen molar-refractivity contribution in [1.29, 1.82) is 0 Å². The summed E-state index contributed by atoms with van der Waals surface area (Å²) in [6.07, 6.45) is 2.07. The molecule has 3 aromatic rings. The lowest BCUT2D eigenvalue weighted by molar-refractivity contribution is -0.133. The molecule has 0 N–H and O–H groups in total. The molecule has 0 radical (unpaired) electrons. The lowest BCUT2D eigenvalue weighted by atomic mass is 9.96. The van der Waals surface area contributed by atoms with Gasteiger partial charge in [-0.25, -0.2) is 0 Å². The molecule has 27 heavy (non-hydrogen) atoms. The zero-order chi connectivity index (χ0) is 19.2. The molecule has 1 unspecified atom stereocenters. The van der Waals surface area contributed by atoms with Crippen LogP contribution < -0.4 is 4.74 Å². The second-order valence-corrected chi connectivity index (χ2v) is 8.06. The third-order valence-electron chi connectivity index (χ3n) is 4.57. The van der Waals surface area contributed by atoms with Gasteiger partial charge in [0.2, 0.25) is 5.91 Å². The number of furan rings is 1. The number of carbonyl (C=O) groups excluding carboxylic acids is 1. The Morgan fingerprint density at radius 1 is 1.15 bits per heavy atom. The van der Waals surface area contributed by atoms with E-state index < -0.39 is 0 Å². The molecule has 2 heterocycles. The van der Waals surface area contributed by atoms with Crippen LogP contribution in [0.25, 0.3) is 0 Å². The maximum absolute atomic E-state index is 13.1. The van der Waals surface area contributed by atoms with Crippen LogP contribution in [0.2, 0.25) is 0 Å². The first-order valence-electron chi connectivity index (χ1n) is 9.05. The zero-order valence-corrected chi connectivity index (χ0v) is 16.8. The largest absolute Gasteiger partial charge is 0.496 e. The Labute approximate surface area is 164 Å². The van der Waals surface area contributed by atoms with Gasteiger partial charge in [-0.3, -0.25) is 4.79 Å². The van der Waals surface area contributed by atoms with Crippen molar-refractivity contribution in [3.8, 4) is 5.75 Å². The van der Waals surface area contributed by atoms with Crippen LogP contribution in [0.4, 0.5) is 0 Å². The van der Waals surface area contributed by atoms with E-state index in [9.17, 15) is 4.79 Å². The van der Waals surface area contributed by atoms with Crippen molar-refractivity contribution in [2.24, 2.45) is 0 Å². The second kappa shape index (κ2) is 8.91. The quantitative estimate of drug-likeness (QED) is 0.524. The van der Waals surface area contributed by atoms with Crippen LogP contribution in [0.15, 0.2) is 59.2 Å². The van der Waals surface area contributed by atoms with Gasteiger partial charge in [0.15, 0.2) is 0 Å². The Balaban J connectivity index is 1.75. The van der Waals surface area contributed by atoms with Crippen LogP contribution in [0.5, 0.6) is 5.75 Å². The summed E-state index contributed by atoms with van der Waals surface area (Å²) in [6.45, 7) is 5.21. The van der Waals surface area contributed by atoms with Crippen LogP contribution in [-0.2, 0) is 17.9 Å². The number of amides is 1. The molecule has 2 aromatic heterocycles. The summed E-state index contributed by atoms with van der Waals surface area (Å²) in [6, 6.07) is 15.8. The van der Waals surface area contributed by atoms with E-state index in [4.69, 9.17) is 9.15 Å². The van der Waals surface area contributed by atoms with E-state index >= 15 is 0 Å². The molecule has 0 aliphatic carbocycles. The van der Waals surface area contributed by atoms with Gasteiger partial charge in [-0.15, -0.1) is 11.3 Å². The van der Waals surface area contributed by atoms with E-state index in [1.165, 1.54) is 9.75 Å². The summed E-state index contributed by atoms with van der Waals surface area (Å²) in [5.41, 5.74) is 1.05. The van der Waals surface area contributed by atoms with Gasteiger partial charge in [0.1, 0.15) is 11.5 Å². The minimum absolute atomic E-state index is 0.0674. The summed E-state index contributed by atoms with van der Waals surface area (Å²) in [7, 11) is 1.66. The van der Waals surface area contributed by atoms with E-state index in [1.54, 1.807) is 24.7 Å². The first-order valence-corrected chi connectivity index (χ1v) is 9.87.